The summed E-state index contributed by atoms with van der Waals surface area (Å²) in [6, 6.07) is 9.49. The Hall–Kier alpha value is -2.63. The minimum atomic E-state index is -0.239. The van der Waals surface area contributed by atoms with Gasteiger partial charge in [-0.05, 0) is 36.8 Å². The molecule has 0 radical (unpaired) electrons. The number of urea groups is 1. The summed E-state index contributed by atoms with van der Waals surface area (Å²) in [5.41, 5.74) is 0.850. The first-order valence-corrected chi connectivity index (χ1v) is 8.91. The van der Waals surface area contributed by atoms with Crippen LogP contribution in [0, 0.1) is 0 Å². The highest BCUT2D eigenvalue weighted by Gasteiger charge is 2.24. The summed E-state index contributed by atoms with van der Waals surface area (Å²) in [6.07, 6.45) is 2.30. The predicted molar refractivity (Wildman–Crippen MR) is 98.9 cm³/mol. The molecule has 1 aromatic heterocycles. The minimum absolute atomic E-state index is 0.0152. The number of carbonyl (C=O) groups excluding carboxylic acids is 1. The van der Waals surface area contributed by atoms with Crippen molar-refractivity contribution in [1.82, 2.24) is 10.6 Å². The van der Waals surface area contributed by atoms with Gasteiger partial charge in [-0.3, -0.25) is 0 Å². The van der Waals surface area contributed by atoms with E-state index in [2.05, 4.69) is 24.5 Å². The van der Waals surface area contributed by atoms with Crippen molar-refractivity contribution in [3.63, 3.8) is 0 Å². The number of fused-ring (bicyclic) bond motifs is 1. The summed E-state index contributed by atoms with van der Waals surface area (Å²) in [7, 11) is 0. The molecule has 1 aliphatic heterocycles. The van der Waals surface area contributed by atoms with E-state index in [0.717, 1.165) is 22.8 Å². The molecule has 1 aromatic carbocycles. The van der Waals surface area contributed by atoms with Crippen molar-refractivity contribution < 1.29 is 18.7 Å². The van der Waals surface area contributed by atoms with Gasteiger partial charge < -0.3 is 24.5 Å². The van der Waals surface area contributed by atoms with Crippen LogP contribution in [-0.2, 0) is 11.8 Å². The molecule has 0 fully saturated rings. The third-order valence-electron chi connectivity index (χ3n) is 4.48. The van der Waals surface area contributed by atoms with E-state index in [9.17, 15) is 4.79 Å². The fourth-order valence-electron chi connectivity index (χ4n) is 2.92. The quantitative estimate of drug-likeness (QED) is 0.831. The second-order valence-corrected chi connectivity index (χ2v) is 7.25. The second kappa shape index (κ2) is 7.72. The lowest BCUT2D eigenvalue weighted by Crippen LogP contribution is -2.45. The maximum absolute atomic E-state index is 12.2. The van der Waals surface area contributed by atoms with E-state index in [-0.39, 0.29) is 17.5 Å². The van der Waals surface area contributed by atoms with Crippen LogP contribution in [0.15, 0.2) is 41.0 Å². The molecule has 140 valence electrons. The van der Waals surface area contributed by atoms with Crippen molar-refractivity contribution in [2.24, 2.45) is 0 Å². The molecule has 2 N–H and O–H groups in total. The van der Waals surface area contributed by atoms with E-state index < -0.39 is 0 Å². The Morgan fingerprint density at radius 3 is 2.69 bits per heavy atom. The van der Waals surface area contributed by atoms with Gasteiger partial charge in [-0.2, -0.15) is 0 Å². The van der Waals surface area contributed by atoms with Crippen molar-refractivity contribution in [3.8, 4) is 11.5 Å². The van der Waals surface area contributed by atoms with E-state index in [0.29, 0.717) is 26.2 Å². The van der Waals surface area contributed by atoms with E-state index in [1.54, 1.807) is 6.26 Å². The molecule has 0 saturated heterocycles. The van der Waals surface area contributed by atoms with Gasteiger partial charge >= 0.3 is 6.03 Å². The Morgan fingerprint density at radius 2 is 1.96 bits per heavy atom. The average molecular weight is 358 g/mol. The van der Waals surface area contributed by atoms with Gasteiger partial charge in [0.25, 0.3) is 0 Å². The Labute approximate surface area is 153 Å². The molecule has 2 amide bonds. The maximum atomic E-state index is 12.2. The van der Waals surface area contributed by atoms with Crippen molar-refractivity contribution in [3.05, 3.63) is 47.9 Å². The van der Waals surface area contributed by atoms with E-state index in [1.807, 2.05) is 37.3 Å². The molecule has 1 aliphatic rings. The van der Waals surface area contributed by atoms with Gasteiger partial charge in [0.05, 0.1) is 6.26 Å². The van der Waals surface area contributed by atoms with Crippen LogP contribution < -0.4 is 20.1 Å². The molecular formula is C20H26N2O4. The summed E-state index contributed by atoms with van der Waals surface area (Å²) >= 11 is 0. The summed E-state index contributed by atoms with van der Waals surface area (Å²) in [5, 5.41) is 5.90. The Balaban J connectivity index is 1.53. The topological polar surface area (TPSA) is 72.7 Å². The fourth-order valence-corrected chi connectivity index (χ4v) is 2.92. The fraction of sp³-hybridized carbons (Fsp3) is 0.450. The summed E-state index contributed by atoms with van der Waals surface area (Å²) in [6.45, 7) is 7.77. The zero-order valence-corrected chi connectivity index (χ0v) is 15.5. The molecule has 6 heteroatoms. The van der Waals surface area contributed by atoms with Gasteiger partial charge in [0, 0.05) is 24.4 Å². The van der Waals surface area contributed by atoms with Crippen LogP contribution in [0.25, 0.3) is 0 Å². The predicted octanol–water partition coefficient (Wildman–Crippen LogP) is 3.26. The Bertz CT molecular complexity index is 740. The van der Waals surface area contributed by atoms with Crippen LogP contribution in [0.1, 0.15) is 32.1 Å². The third-order valence-corrected chi connectivity index (χ3v) is 4.48. The van der Waals surface area contributed by atoms with Crippen LogP contribution in [0.4, 0.5) is 4.79 Å². The zero-order chi connectivity index (χ0) is 18.6. The number of benzene rings is 1. The highest BCUT2D eigenvalue weighted by molar-refractivity contribution is 5.74. The summed E-state index contributed by atoms with van der Waals surface area (Å²) < 4.78 is 16.5. The van der Waals surface area contributed by atoms with Gasteiger partial charge in [-0.15, -0.1) is 0 Å². The van der Waals surface area contributed by atoms with E-state index >= 15 is 0 Å². The van der Waals surface area contributed by atoms with Gasteiger partial charge in [-0.25, -0.2) is 4.79 Å². The van der Waals surface area contributed by atoms with Crippen molar-refractivity contribution >= 4 is 6.03 Å². The lowest BCUT2D eigenvalue weighted by atomic mass is 9.84. The van der Waals surface area contributed by atoms with Gasteiger partial charge in [0.15, 0.2) is 11.5 Å². The van der Waals surface area contributed by atoms with Crippen LogP contribution in [0.3, 0.4) is 0 Å². The third kappa shape index (κ3) is 4.50. The molecule has 0 bridgehead atoms. The Morgan fingerprint density at radius 1 is 1.19 bits per heavy atom. The summed E-state index contributed by atoms with van der Waals surface area (Å²) in [5.74, 6) is 2.39. The van der Waals surface area contributed by atoms with Crippen molar-refractivity contribution in [1.29, 1.82) is 0 Å². The number of nitrogens with one attached hydrogen (secondary N) is 2. The molecule has 26 heavy (non-hydrogen) atoms. The van der Waals surface area contributed by atoms with Gasteiger partial charge in [0.1, 0.15) is 19.0 Å². The lowest BCUT2D eigenvalue weighted by molar-refractivity contribution is 0.171. The molecule has 0 spiro atoms. The molecule has 0 saturated carbocycles. The molecule has 6 nitrogen and oxygen atoms in total. The standard InChI is InChI=1S/C20H26N2O4/c1-14(11-16-5-4-8-24-16)22-19(23)21-13-20(2,3)15-6-7-17-18(12-15)26-10-9-25-17/h4-8,12,14H,9-11,13H2,1-3H3,(H2,21,22,23). The molecule has 2 aromatic rings. The van der Waals surface area contributed by atoms with Crippen LogP contribution >= 0.6 is 0 Å². The second-order valence-electron chi connectivity index (χ2n) is 7.25. The van der Waals surface area contributed by atoms with Crippen LogP contribution in [-0.4, -0.2) is 31.8 Å². The zero-order valence-electron chi connectivity index (χ0n) is 15.5. The number of furan rings is 1. The molecule has 1 unspecified atom stereocenters. The van der Waals surface area contributed by atoms with Gasteiger partial charge in [0.2, 0.25) is 0 Å². The first-order valence-electron chi connectivity index (χ1n) is 8.91. The first kappa shape index (κ1) is 18.2. The lowest BCUT2D eigenvalue weighted by Gasteiger charge is -2.28. The molecule has 2 heterocycles. The van der Waals surface area contributed by atoms with Crippen LogP contribution in [0.5, 0.6) is 11.5 Å². The molecular weight excluding hydrogens is 332 g/mol. The monoisotopic (exact) mass is 358 g/mol. The first-order chi connectivity index (χ1) is 12.4. The average Bonchev–Trinajstić information content (AvgIpc) is 3.12. The highest BCUT2D eigenvalue weighted by Crippen LogP contribution is 2.34. The molecule has 0 aliphatic carbocycles. The van der Waals surface area contributed by atoms with Crippen molar-refractivity contribution in [2.45, 2.75) is 38.6 Å². The number of hydrogen-bond donors (Lipinski definition) is 2. The number of carbonyl (C=O) groups is 1. The van der Waals surface area contributed by atoms with Crippen molar-refractivity contribution in [2.75, 3.05) is 19.8 Å². The highest BCUT2D eigenvalue weighted by atomic mass is 16.6. The smallest absolute Gasteiger partial charge is 0.315 e. The molecule has 3 rings (SSSR count). The number of ether oxygens (including phenoxy) is 2. The maximum Gasteiger partial charge on any atom is 0.315 e. The summed E-state index contributed by atoms with van der Waals surface area (Å²) in [4.78, 5) is 12.2. The minimum Gasteiger partial charge on any atom is -0.486 e. The molecule has 1 atom stereocenters. The number of rotatable bonds is 6. The number of hydrogen-bond acceptors (Lipinski definition) is 4. The van der Waals surface area contributed by atoms with E-state index in [4.69, 9.17) is 13.9 Å². The van der Waals surface area contributed by atoms with Crippen LogP contribution in [0.2, 0.25) is 0 Å². The normalized spacial score (nSPS) is 14.6. The number of amides is 2. The van der Waals surface area contributed by atoms with E-state index in [1.165, 1.54) is 0 Å². The Kier molecular flexibility index (Phi) is 5.40. The largest absolute Gasteiger partial charge is 0.486 e. The SMILES string of the molecule is CC(Cc1ccco1)NC(=O)NCC(C)(C)c1ccc2c(c1)OCCO2. The van der Waals surface area contributed by atoms with Gasteiger partial charge in [-0.1, -0.05) is 19.9 Å².